The number of rotatable bonds is 13. The van der Waals surface area contributed by atoms with Crippen molar-refractivity contribution in [1.29, 1.82) is 0 Å². The molecule has 22 heavy (non-hydrogen) atoms. The minimum absolute atomic E-state index is 0. The molecule has 122 valence electrons. The Morgan fingerprint density at radius 3 is 2.32 bits per heavy atom. The van der Waals surface area contributed by atoms with Crippen molar-refractivity contribution in [2.45, 2.75) is 77.2 Å². The number of unbranched alkanes of at least 4 members (excludes halogenated alkanes) is 7. The van der Waals surface area contributed by atoms with Crippen LogP contribution in [0.3, 0.4) is 0 Å². The molecule has 0 aliphatic heterocycles. The monoisotopic (exact) mass is 321 g/mol. The average molecular weight is 321 g/mol. The maximum Gasteiger partial charge on any atom is 1.00 e. The Morgan fingerprint density at radius 1 is 1.14 bits per heavy atom. The summed E-state index contributed by atoms with van der Waals surface area (Å²) in [6.45, 7) is 2.20. The summed E-state index contributed by atoms with van der Waals surface area (Å²) < 4.78 is 4.84. The Balaban J connectivity index is 0. The molecule has 0 heterocycles. The van der Waals surface area contributed by atoms with Crippen LogP contribution >= 0.6 is 0 Å². The van der Waals surface area contributed by atoms with E-state index < -0.39 is 18.0 Å². The molecule has 0 bridgehead atoms. The number of aliphatic carboxylic acids is 1. The third-order valence-corrected chi connectivity index (χ3v) is 3.22. The molecular weight excluding hydrogens is 293 g/mol. The second-order valence-electron chi connectivity index (χ2n) is 5.24. The molecular formula is C16H28NNaO4. The second kappa shape index (κ2) is 17.0. The van der Waals surface area contributed by atoms with Crippen molar-refractivity contribution in [3.05, 3.63) is 12.3 Å². The number of carboxylic acids is 1. The number of nitrogens with two attached hydrogens (primary N) is 1. The van der Waals surface area contributed by atoms with Gasteiger partial charge in [0.2, 0.25) is 0 Å². The largest absolute Gasteiger partial charge is 1.00 e. The van der Waals surface area contributed by atoms with Crippen molar-refractivity contribution in [2.24, 2.45) is 5.73 Å². The van der Waals surface area contributed by atoms with E-state index >= 15 is 0 Å². The molecule has 0 spiro atoms. The summed E-state index contributed by atoms with van der Waals surface area (Å²) >= 11 is 0. The first-order valence-electron chi connectivity index (χ1n) is 7.88. The third kappa shape index (κ3) is 16.0. The van der Waals surface area contributed by atoms with Crippen LogP contribution in [-0.2, 0) is 14.3 Å². The number of ether oxygens (including phenoxy) is 1. The molecule has 0 aliphatic rings. The van der Waals surface area contributed by atoms with E-state index in [4.69, 9.17) is 10.5 Å². The van der Waals surface area contributed by atoms with Crippen molar-refractivity contribution >= 4 is 11.9 Å². The summed E-state index contributed by atoms with van der Waals surface area (Å²) in [6.07, 6.45) is 12.5. The Hall–Kier alpha value is -0.360. The molecule has 0 aromatic carbocycles. The Bertz CT molecular complexity index is 321. The quantitative estimate of drug-likeness (QED) is 0.204. The van der Waals surface area contributed by atoms with Gasteiger partial charge in [0.1, 0.15) is 6.04 Å². The summed E-state index contributed by atoms with van der Waals surface area (Å²) in [7, 11) is 0. The van der Waals surface area contributed by atoms with Crippen LogP contribution in [0.5, 0.6) is 0 Å². The van der Waals surface area contributed by atoms with Gasteiger partial charge in [-0.3, -0.25) is 0 Å². The van der Waals surface area contributed by atoms with E-state index in [1.165, 1.54) is 44.8 Å². The minimum Gasteiger partial charge on any atom is -0.550 e. The van der Waals surface area contributed by atoms with Crippen LogP contribution in [0, 0.1) is 0 Å². The Kier molecular flexibility index (Phi) is 18.5. The summed E-state index contributed by atoms with van der Waals surface area (Å²) in [4.78, 5) is 21.6. The molecule has 0 fully saturated rings. The molecule has 1 atom stereocenters. The van der Waals surface area contributed by atoms with Gasteiger partial charge in [0.25, 0.3) is 0 Å². The van der Waals surface area contributed by atoms with Crippen LogP contribution in [-0.4, -0.2) is 18.0 Å². The van der Waals surface area contributed by atoms with Crippen molar-refractivity contribution < 1.29 is 49.0 Å². The van der Waals surface area contributed by atoms with Gasteiger partial charge in [-0.05, 0) is 31.8 Å². The fourth-order valence-corrected chi connectivity index (χ4v) is 1.88. The summed E-state index contributed by atoms with van der Waals surface area (Å²) in [6, 6.07) is -0.911. The number of esters is 1. The molecule has 0 aromatic heterocycles. The number of carbonyl (C=O) groups is 2. The van der Waals surface area contributed by atoms with Crippen LogP contribution < -0.4 is 40.4 Å². The summed E-state index contributed by atoms with van der Waals surface area (Å²) in [5.41, 5.74) is 5.49. The number of carbonyl (C=O) groups excluding carboxylic acids is 2. The van der Waals surface area contributed by atoms with Crippen molar-refractivity contribution in [3.63, 3.8) is 0 Å². The summed E-state index contributed by atoms with van der Waals surface area (Å²) in [5.74, 6) is -1.82. The van der Waals surface area contributed by atoms with Gasteiger partial charge in [0, 0.05) is 5.97 Å². The van der Waals surface area contributed by atoms with Gasteiger partial charge >= 0.3 is 35.5 Å². The van der Waals surface area contributed by atoms with Gasteiger partial charge in [-0.25, -0.2) is 4.79 Å². The Morgan fingerprint density at radius 2 is 1.73 bits per heavy atom. The standard InChI is InChI=1S/C16H29NO4.Na/c1-2-3-4-5-6-7-8-9-10-13-21-16(20)14(17)11-12-15(18)19;/h10,13-14H,2-9,11-12,17H2,1H3,(H,18,19);/q;+1/p-1/b13-10+;. The van der Waals surface area contributed by atoms with Gasteiger partial charge in [-0.1, -0.05) is 45.4 Å². The second-order valence-corrected chi connectivity index (χ2v) is 5.24. The molecule has 0 rings (SSSR count). The van der Waals surface area contributed by atoms with Crippen molar-refractivity contribution in [3.8, 4) is 0 Å². The molecule has 2 N–H and O–H groups in total. The van der Waals surface area contributed by atoms with E-state index in [0.29, 0.717) is 0 Å². The van der Waals surface area contributed by atoms with Crippen LogP contribution in [0.4, 0.5) is 0 Å². The first-order chi connectivity index (χ1) is 10.1. The SMILES string of the molecule is CCCCCCCCC/C=C/OC(=O)C(N)CCC(=O)[O-].[Na+]. The predicted octanol–water partition coefficient (Wildman–Crippen LogP) is -0.955. The molecule has 0 aromatic rings. The molecule has 0 amide bonds. The van der Waals surface area contributed by atoms with Gasteiger partial charge in [0.05, 0.1) is 6.26 Å². The number of allylic oxidation sites excluding steroid dienone is 1. The maximum absolute atomic E-state index is 11.4. The fourth-order valence-electron chi connectivity index (χ4n) is 1.88. The van der Waals surface area contributed by atoms with E-state index in [1.54, 1.807) is 6.08 Å². The van der Waals surface area contributed by atoms with Gasteiger partial charge in [0.15, 0.2) is 0 Å². The van der Waals surface area contributed by atoms with Crippen molar-refractivity contribution in [2.75, 3.05) is 0 Å². The molecule has 0 radical (unpaired) electrons. The van der Waals surface area contributed by atoms with Gasteiger partial charge < -0.3 is 20.4 Å². The van der Waals surface area contributed by atoms with Gasteiger partial charge in [-0.2, -0.15) is 0 Å². The minimum atomic E-state index is -1.22. The first-order valence-corrected chi connectivity index (χ1v) is 7.88. The molecule has 6 heteroatoms. The smallest absolute Gasteiger partial charge is 0.550 e. The Labute approximate surface area is 156 Å². The molecule has 0 saturated heterocycles. The number of hydrogen-bond acceptors (Lipinski definition) is 5. The van der Waals surface area contributed by atoms with Crippen molar-refractivity contribution in [1.82, 2.24) is 0 Å². The molecule has 1 unspecified atom stereocenters. The summed E-state index contributed by atoms with van der Waals surface area (Å²) in [5, 5.41) is 10.2. The zero-order valence-corrected chi connectivity index (χ0v) is 16.0. The van der Waals surface area contributed by atoms with Crippen LogP contribution in [0.2, 0.25) is 0 Å². The van der Waals surface area contributed by atoms with E-state index in [2.05, 4.69) is 6.92 Å². The zero-order valence-electron chi connectivity index (χ0n) is 14.0. The molecule has 0 saturated carbocycles. The van der Waals surface area contributed by atoms with Crippen LogP contribution in [0.1, 0.15) is 71.1 Å². The fraction of sp³-hybridized carbons (Fsp3) is 0.750. The predicted molar refractivity (Wildman–Crippen MR) is 80.1 cm³/mol. The first kappa shape index (κ1) is 23.9. The number of carboxylic acid groups (broad SMARTS) is 1. The van der Waals surface area contributed by atoms with E-state index in [9.17, 15) is 14.7 Å². The normalized spacial score (nSPS) is 11.9. The van der Waals surface area contributed by atoms with E-state index in [0.717, 1.165) is 12.8 Å². The van der Waals surface area contributed by atoms with Crippen LogP contribution in [0.15, 0.2) is 12.3 Å². The topological polar surface area (TPSA) is 92.5 Å². The third-order valence-electron chi connectivity index (χ3n) is 3.22. The van der Waals surface area contributed by atoms with E-state index in [1.807, 2.05) is 0 Å². The number of hydrogen-bond donors (Lipinski definition) is 1. The zero-order chi connectivity index (χ0) is 15.9. The van der Waals surface area contributed by atoms with Gasteiger partial charge in [-0.15, -0.1) is 0 Å². The molecule has 5 nitrogen and oxygen atoms in total. The average Bonchev–Trinajstić information content (AvgIpc) is 2.46. The maximum atomic E-state index is 11.4. The molecule has 0 aliphatic carbocycles. The van der Waals surface area contributed by atoms with Crippen LogP contribution in [0.25, 0.3) is 0 Å². The van der Waals surface area contributed by atoms with E-state index in [-0.39, 0.29) is 42.4 Å².